The second kappa shape index (κ2) is 6.16. The molecule has 0 bridgehead atoms. The van der Waals surface area contributed by atoms with Gasteiger partial charge >= 0.3 is 0 Å². The molecule has 2 aliphatic rings. The number of hydrogen-bond donors (Lipinski definition) is 1. The highest BCUT2D eigenvalue weighted by Gasteiger charge is 2.29. The first-order valence-electron chi connectivity index (χ1n) is 7.52. The summed E-state index contributed by atoms with van der Waals surface area (Å²) in [5.41, 5.74) is 6.92. The Kier molecular flexibility index (Phi) is 4.29. The van der Waals surface area contributed by atoms with Crippen LogP contribution in [-0.2, 0) is 6.54 Å². The van der Waals surface area contributed by atoms with E-state index >= 15 is 0 Å². The molecular formula is C15H23FN4. The lowest BCUT2D eigenvalue weighted by Crippen LogP contribution is -2.46. The summed E-state index contributed by atoms with van der Waals surface area (Å²) in [7, 11) is 0. The fourth-order valence-corrected chi connectivity index (χ4v) is 3.34. The van der Waals surface area contributed by atoms with Crippen LogP contribution in [0.2, 0.25) is 0 Å². The van der Waals surface area contributed by atoms with Gasteiger partial charge in [0.15, 0.2) is 0 Å². The van der Waals surface area contributed by atoms with Crippen molar-refractivity contribution in [2.45, 2.75) is 37.9 Å². The highest BCUT2D eigenvalue weighted by molar-refractivity contribution is 5.10. The topological polar surface area (TPSA) is 45.4 Å². The predicted molar refractivity (Wildman–Crippen MR) is 76.7 cm³/mol. The molecule has 0 aliphatic carbocycles. The van der Waals surface area contributed by atoms with Crippen LogP contribution in [0.15, 0.2) is 18.5 Å². The molecule has 4 nitrogen and oxygen atoms in total. The summed E-state index contributed by atoms with van der Waals surface area (Å²) in [6.45, 7) is 5.21. The van der Waals surface area contributed by atoms with Gasteiger partial charge in [-0.25, -0.2) is 4.39 Å². The molecule has 0 aromatic carbocycles. The second-order valence-corrected chi connectivity index (χ2v) is 6.06. The van der Waals surface area contributed by atoms with Crippen molar-refractivity contribution in [1.29, 1.82) is 0 Å². The molecule has 0 saturated carbocycles. The van der Waals surface area contributed by atoms with E-state index in [-0.39, 0.29) is 5.82 Å². The van der Waals surface area contributed by atoms with Gasteiger partial charge in [0.05, 0.1) is 6.20 Å². The maximum atomic E-state index is 13.1. The van der Waals surface area contributed by atoms with Crippen molar-refractivity contribution >= 4 is 0 Å². The number of halogens is 1. The number of nitrogens with zero attached hydrogens (tertiary/aromatic N) is 3. The van der Waals surface area contributed by atoms with Crippen molar-refractivity contribution in [3.63, 3.8) is 0 Å². The van der Waals surface area contributed by atoms with Crippen LogP contribution in [0.25, 0.3) is 0 Å². The minimum absolute atomic E-state index is 0.247. The summed E-state index contributed by atoms with van der Waals surface area (Å²) in [6.07, 6.45) is 6.45. The Morgan fingerprint density at radius 3 is 2.75 bits per heavy atom. The molecule has 3 rings (SSSR count). The van der Waals surface area contributed by atoms with Gasteiger partial charge < -0.3 is 5.73 Å². The summed E-state index contributed by atoms with van der Waals surface area (Å²) < 4.78 is 13.1. The van der Waals surface area contributed by atoms with Crippen LogP contribution >= 0.6 is 0 Å². The van der Waals surface area contributed by atoms with Crippen molar-refractivity contribution in [3.8, 4) is 0 Å². The molecule has 110 valence electrons. The monoisotopic (exact) mass is 278 g/mol. The fourth-order valence-electron chi connectivity index (χ4n) is 3.34. The van der Waals surface area contributed by atoms with Crippen LogP contribution in [0.5, 0.6) is 0 Å². The number of rotatable bonds is 3. The average Bonchev–Trinajstić information content (AvgIpc) is 2.88. The number of piperidine rings is 1. The van der Waals surface area contributed by atoms with Crippen LogP contribution in [0, 0.1) is 5.82 Å². The van der Waals surface area contributed by atoms with Crippen molar-refractivity contribution in [2.24, 2.45) is 5.73 Å². The van der Waals surface area contributed by atoms with E-state index in [0.29, 0.717) is 12.1 Å². The maximum Gasteiger partial charge on any atom is 0.141 e. The molecule has 20 heavy (non-hydrogen) atoms. The lowest BCUT2D eigenvalue weighted by atomic mass is 10.0. The summed E-state index contributed by atoms with van der Waals surface area (Å²) in [4.78, 5) is 8.89. The maximum absolute atomic E-state index is 13.1. The SMILES string of the molecule is NC1CCN(C2CCN(Cc3cncc(F)c3)C2)CC1. The van der Waals surface area contributed by atoms with Crippen molar-refractivity contribution in [1.82, 2.24) is 14.8 Å². The predicted octanol–water partition coefficient (Wildman–Crippen LogP) is 1.22. The molecule has 1 aromatic heterocycles. The molecule has 0 spiro atoms. The molecule has 2 fully saturated rings. The average molecular weight is 278 g/mol. The van der Waals surface area contributed by atoms with Gasteiger partial charge in [-0.1, -0.05) is 0 Å². The molecular weight excluding hydrogens is 255 g/mol. The van der Waals surface area contributed by atoms with E-state index in [9.17, 15) is 4.39 Å². The lowest BCUT2D eigenvalue weighted by molar-refractivity contribution is 0.151. The normalized spacial score (nSPS) is 26.2. The van der Waals surface area contributed by atoms with Gasteiger partial charge in [0.1, 0.15) is 5.82 Å². The van der Waals surface area contributed by atoms with Gasteiger partial charge in [0, 0.05) is 37.9 Å². The number of pyridine rings is 1. The minimum Gasteiger partial charge on any atom is -0.328 e. The largest absolute Gasteiger partial charge is 0.328 e. The molecule has 1 atom stereocenters. The van der Waals surface area contributed by atoms with Crippen LogP contribution in [0.4, 0.5) is 4.39 Å². The van der Waals surface area contributed by atoms with Gasteiger partial charge in [-0.2, -0.15) is 0 Å². The van der Waals surface area contributed by atoms with Gasteiger partial charge in [-0.3, -0.25) is 14.8 Å². The standard InChI is InChI=1S/C15H23FN4/c16-13-7-12(8-18-9-13)10-19-4-3-15(11-19)20-5-1-14(17)2-6-20/h7-9,14-15H,1-6,10-11,17H2. The first-order valence-corrected chi connectivity index (χ1v) is 7.52. The van der Waals surface area contributed by atoms with E-state index in [1.165, 1.54) is 12.6 Å². The van der Waals surface area contributed by atoms with Crippen LogP contribution in [0.1, 0.15) is 24.8 Å². The van der Waals surface area contributed by atoms with Gasteiger partial charge in [-0.15, -0.1) is 0 Å². The fraction of sp³-hybridized carbons (Fsp3) is 0.667. The second-order valence-electron chi connectivity index (χ2n) is 6.06. The van der Waals surface area contributed by atoms with Gasteiger partial charge in [-0.05, 0) is 44.0 Å². The molecule has 5 heteroatoms. The molecule has 1 unspecified atom stereocenters. The number of likely N-dealkylation sites (tertiary alicyclic amines) is 2. The first-order chi connectivity index (χ1) is 9.70. The zero-order valence-electron chi connectivity index (χ0n) is 11.8. The number of nitrogens with two attached hydrogens (primary N) is 1. The van der Waals surface area contributed by atoms with E-state index < -0.39 is 0 Å². The number of aromatic nitrogens is 1. The van der Waals surface area contributed by atoms with E-state index in [0.717, 1.165) is 51.1 Å². The van der Waals surface area contributed by atoms with Crippen molar-refractivity contribution < 1.29 is 4.39 Å². The Labute approximate surface area is 119 Å². The smallest absolute Gasteiger partial charge is 0.141 e. The Morgan fingerprint density at radius 2 is 2.00 bits per heavy atom. The molecule has 0 amide bonds. The van der Waals surface area contributed by atoms with E-state index in [1.54, 1.807) is 12.3 Å². The Morgan fingerprint density at radius 1 is 1.20 bits per heavy atom. The van der Waals surface area contributed by atoms with Crippen LogP contribution in [0.3, 0.4) is 0 Å². The Hall–Kier alpha value is -1.04. The first kappa shape index (κ1) is 13.9. The highest BCUT2D eigenvalue weighted by Crippen LogP contribution is 2.21. The van der Waals surface area contributed by atoms with Crippen molar-refractivity contribution in [2.75, 3.05) is 26.2 Å². The quantitative estimate of drug-likeness (QED) is 0.903. The van der Waals surface area contributed by atoms with E-state index in [2.05, 4.69) is 14.8 Å². The third-order valence-electron chi connectivity index (χ3n) is 4.51. The third-order valence-corrected chi connectivity index (χ3v) is 4.51. The molecule has 2 N–H and O–H groups in total. The van der Waals surface area contributed by atoms with Crippen LogP contribution < -0.4 is 5.73 Å². The molecule has 0 radical (unpaired) electrons. The van der Waals surface area contributed by atoms with Gasteiger partial charge in [0.25, 0.3) is 0 Å². The Bertz CT molecular complexity index is 445. The summed E-state index contributed by atoms with van der Waals surface area (Å²) in [5, 5.41) is 0. The zero-order valence-corrected chi connectivity index (χ0v) is 11.8. The molecule has 1 aromatic rings. The zero-order chi connectivity index (χ0) is 13.9. The summed E-state index contributed by atoms with van der Waals surface area (Å²) >= 11 is 0. The minimum atomic E-state index is -0.247. The summed E-state index contributed by atoms with van der Waals surface area (Å²) in [6, 6.07) is 2.62. The van der Waals surface area contributed by atoms with E-state index in [4.69, 9.17) is 5.73 Å². The highest BCUT2D eigenvalue weighted by atomic mass is 19.1. The third kappa shape index (κ3) is 3.34. The number of hydrogen-bond acceptors (Lipinski definition) is 4. The molecule has 2 aliphatic heterocycles. The lowest BCUT2D eigenvalue weighted by Gasteiger charge is -2.34. The Balaban J connectivity index is 1.52. The summed E-state index contributed by atoms with van der Waals surface area (Å²) in [5.74, 6) is -0.247. The van der Waals surface area contributed by atoms with Crippen LogP contribution in [-0.4, -0.2) is 53.0 Å². The molecule has 3 heterocycles. The van der Waals surface area contributed by atoms with E-state index in [1.807, 2.05) is 0 Å². The van der Waals surface area contributed by atoms with Gasteiger partial charge in [0.2, 0.25) is 0 Å². The molecule has 2 saturated heterocycles. The van der Waals surface area contributed by atoms with Crippen molar-refractivity contribution in [3.05, 3.63) is 29.8 Å².